The molecule has 1 nitrogen and oxygen atoms in total. The zero-order chi connectivity index (χ0) is 19.5. The molecule has 0 radical (unpaired) electrons. The van der Waals surface area contributed by atoms with E-state index < -0.39 is 0 Å². The van der Waals surface area contributed by atoms with Crippen LogP contribution in [0.5, 0.6) is 0 Å². The van der Waals surface area contributed by atoms with E-state index in [2.05, 4.69) is 27.7 Å². The van der Waals surface area contributed by atoms with Gasteiger partial charge in [-0.15, -0.1) is 0 Å². The van der Waals surface area contributed by atoms with E-state index in [1.165, 1.54) is 137 Å². The van der Waals surface area contributed by atoms with Crippen LogP contribution in [-0.4, -0.2) is 40.0 Å². The lowest BCUT2D eigenvalue weighted by atomic mass is 10.1. The summed E-state index contributed by atoms with van der Waals surface area (Å²) < 4.78 is 1.49. The predicted octanol–water partition coefficient (Wildman–Crippen LogP) is 6.82. The Morgan fingerprint density at radius 1 is 0.500 bits per heavy atom. The van der Waals surface area contributed by atoms with Crippen molar-refractivity contribution in [3.8, 4) is 0 Å². The van der Waals surface area contributed by atoms with E-state index in [-0.39, 0.29) is 0 Å². The lowest BCUT2D eigenvalue weighted by Crippen LogP contribution is -2.57. The maximum Gasteiger partial charge on any atom is 0.0785 e. The van der Waals surface area contributed by atoms with E-state index >= 15 is 0 Å². The molecular weight excluding hydrogens is 330 g/mol. The highest BCUT2D eigenvalue weighted by molar-refractivity contribution is 6.10. The van der Waals surface area contributed by atoms with Crippen LogP contribution in [-0.2, 0) is 0 Å². The Morgan fingerprint density at radius 3 is 1.08 bits per heavy atom. The molecule has 158 valence electrons. The first-order chi connectivity index (χ1) is 12.7. The largest absolute Gasteiger partial charge is 0.325 e. The quantitative estimate of drug-likeness (QED) is 0.123. The van der Waals surface area contributed by atoms with Crippen LogP contribution in [0.2, 0.25) is 0 Å². The molecule has 0 fully saturated rings. The number of rotatable bonds is 20. The molecule has 26 heavy (non-hydrogen) atoms. The average molecular weight is 385 g/mol. The Kier molecular flexibility index (Phi) is 18.7. The molecule has 0 rings (SSSR count). The monoisotopic (exact) mass is 384 g/mol. The molecule has 0 heterocycles. The van der Waals surface area contributed by atoms with Gasteiger partial charge in [-0.05, 0) is 44.9 Å². The van der Waals surface area contributed by atoms with Crippen molar-refractivity contribution in [3.63, 3.8) is 0 Å². The Hall–Kier alpha value is 0.177. The highest BCUT2D eigenvalue weighted by Gasteiger charge is 2.31. The van der Waals surface area contributed by atoms with Crippen molar-refractivity contribution in [2.75, 3.05) is 19.6 Å². The summed E-state index contributed by atoms with van der Waals surface area (Å²) in [4.78, 5) is 0. The first-order valence-electron chi connectivity index (χ1n) is 12.5. The van der Waals surface area contributed by atoms with Crippen LogP contribution >= 0.6 is 0 Å². The Labute approximate surface area is 170 Å². The van der Waals surface area contributed by atoms with E-state index in [1.54, 1.807) is 0 Å². The molecule has 0 saturated heterocycles. The Bertz CT molecular complexity index is 243. The summed E-state index contributed by atoms with van der Waals surface area (Å²) in [5.74, 6) is 0. The van der Waals surface area contributed by atoms with Gasteiger partial charge in [0.25, 0.3) is 0 Å². The normalized spacial score (nSPS) is 13.4. The molecule has 0 spiro atoms. The van der Waals surface area contributed by atoms with Gasteiger partial charge >= 0.3 is 0 Å². The van der Waals surface area contributed by atoms with E-state index in [0.717, 1.165) is 5.67 Å². The minimum absolute atomic E-state index is 0.985. The van der Waals surface area contributed by atoms with Gasteiger partial charge in [0.2, 0.25) is 0 Å². The second-order valence-electron chi connectivity index (χ2n) is 8.89. The predicted molar refractivity (Wildman–Crippen MR) is 125 cm³/mol. The lowest BCUT2D eigenvalue weighted by molar-refractivity contribution is -0.940. The van der Waals surface area contributed by atoms with Crippen molar-refractivity contribution in [3.05, 3.63) is 0 Å². The van der Waals surface area contributed by atoms with Gasteiger partial charge in [-0.1, -0.05) is 85.5 Å². The SMILES string of the molecule is CCCCCCC[N+](CCCCCCC)(CCCCCCC)C([SiH3])CC. The third kappa shape index (κ3) is 12.5. The summed E-state index contributed by atoms with van der Waals surface area (Å²) in [6, 6.07) is 0. The number of quaternary nitrogens is 1. The van der Waals surface area contributed by atoms with E-state index in [9.17, 15) is 0 Å². The van der Waals surface area contributed by atoms with Crippen molar-refractivity contribution in [2.24, 2.45) is 0 Å². The molecule has 1 atom stereocenters. The minimum atomic E-state index is 0.985. The molecule has 2 heteroatoms. The van der Waals surface area contributed by atoms with Crippen LogP contribution < -0.4 is 0 Å². The number of hydrogen-bond donors (Lipinski definition) is 0. The third-order valence-corrected chi connectivity index (χ3v) is 8.56. The van der Waals surface area contributed by atoms with Gasteiger partial charge in [-0.3, -0.25) is 0 Å². The highest BCUT2D eigenvalue weighted by Crippen LogP contribution is 2.22. The average Bonchev–Trinajstić information content (AvgIpc) is 2.66. The standard InChI is InChI=1S/C24H54NSi/c1-5-9-12-15-18-21-25(24(26)8-4,22-19-16-13-10-6-2)23-20-17-14-11-7-3/h24H,5-23H2,1-4,26H3/q+1. The third-order valence-electron chi connectivity index (χ3n) is 6.65. The van der Waals surface area contributed by atoms with Crippen LogP contribution in [0, 0.1) is 0 Å². The van der Waals surface area contributed by atoms with Gasteiger partial charge in [0.15, 0.2) is 0 Å². The fourth-order valence-corrected chi connectivity index (χ4v) is 5.25. The van der Waals surface area contributed by atoms with Crippen LogP contribution in [0.3, 0.4) is 0 Å². The van der Waals surface area contributed by atoms with Crippen molar-refractivity contribution in [2.45, 2.75) is 136 Å². The Balaban J connectivity index is 4.64. The molecule has 0 amide bonds. The number of unbranched alkanes of at least 4 members (excludes halogenated alkanes) is 12. The molecule has 0 saturated carbocycles. The maximum atomic E-state index is 2.45. The fraction of sp³-hybridized carbons (Fsp3) is 1.00. The number of hydrogen-bond acceptors (Lipinski definition) is 0. The lowest BCUT2D eigenvalue weighted by Gasteiger charge is -2.44. The van der Waals surface area contributed by atoms with Gasteiger partial charge in [-0.25, -0.2) is 0 Å². The number of nitrogens with zero attached hydrogens (tertiary/aromatic N) is 1. The molecule has 1 unspecified atom stereocenters. The van der Waals surface area contributed by atoms with Gasteiger partial charge in [-0.2, -0.15) is 0 Å². The van der Waals surface area contributed by atoms with E-state index in [4.69, 9.17) is 0 Å². The molecule has 0 aliphatic carbocycles. The molecule has 0 aromatic carbocycles. The summed E-state index contributed by atoms with van der Waals surface area (Å²) in [6.07, 6.45) is 23.0. The summed E-state index contributed by atoms with van der Waals surface area (Å²) in [5.41, 5.74) is 0.985. The van der Waals surface area contributed by atoms with Crippen molar-refractivity contribution < 1.29 is 4.48 Å². The van der Waals surface area contributed by atoms with Crippen LogP contribution in [0.25, 0.3) is 0 Å². The van der Waals surface area contributed by atoms with E-state index in [1.807, 2.05) is 0 Å². The van der Waals surface area contributed by atoms with Gasteiger partial charge in [0, 0.05) is 0 Å². The highest BCUT2D eigenvalue weighted by atomic mass is 28.1. The van der Waals surface area contributed by atoms with Crippen molar-refractivity contribution in [1.29, 1.82) is 0 Å². The molecule has 0 aromatic rings. The van der Waals surface area contributed by atoms with Crippen LogP contribution in [0.15, 0.2) is 0 Å². The summed E-state index contributed by atoms with van der Waals surface area (Å²) in [7, 11) is 1.38. The van der Waals surface area contributed by atoms with Gasteiger partial charge in [0.1, 0.15) is 0 Å². The van der Waals surface area contributed by atoms with Crippen LogP contribution in [0.1, 0.15) is 130 Å². The summed E-state index contributed by atoms with van der Waals surface area (Å²) in [6.45, 7) is 13.9. The molecule has 0 N–H and O–H groups in total. The van der Waals surface area contributed by atoms with Crippen molar-refractivity contribution >= 4 is 10.2 Å². The zero-order valence-corrected chi connectivity index (χ0v) is 21.5. The topological polar surface area (TPSA) is 0 Å². The summed E-state index contributed by atoms with van der Waals surface area (Å²) in [5, 5.41) is 0. The smallest absolute Gasteiger partial charge is 0.0785 e. The van der Waals surface area contributed by atoms with Crippen molar-refractivity contribution in [1.82, 2.24) is 0 Å². The summed E-state index contributed by atoms with van der Waals surface area (Å²) >= 11 is 0. The molecule has 0 bridgehead atoms. The minimum Gasteiger partial charge on any atom is -0.325 e. The molecular formula is C24H54NSi+. The van der Waals surface area contributed by atoms with E-state index in [0.29, 0.717) is 0 Å². The van der Waals surface area contributed by atoms with Gasteiger partial charge in [0.05, 0.1) is 35.5 Å². The van der Waals surface area contributed by atoms with Crippen LogP contribution in [0.4, 0.5) is 0 Å². The first-order valence-corrected chi connectivity index (χ1v) is 13.7. The first kappa shape index (κ1) is 26.2. The second kappa shape index (κ2) is 18.5. The Morgan fingerprint density at radius 2 is 0.808 bits per heavy atom. The second-order valence-corrected chi connectivity index (χ2v) is 10.2. The molecule has 0 aromatic heterocycles. The van der Waals surface area contributed by atoms with Gasteiger partial charge < -0.3 is 4.48 Å². The molecule has 0 aliphatic rings. The molecule has 0 aliphatic heterocycles. The maximum absolute atomic E-state index is 2.45. The fourth-order valence-electron chi connectivity index (χ4n) is 4.47. The zero-order valence-electron chi connectivity index (χ0n) is 19.5.